The lowest BCUT2D eigenvalue weighted by atomic mass is 10.0. The molecule has 150 valence electrons. The molecule has 3 aromatic carbocycles. The molecule has 1 aliphatic heterocycles. The fraction of sp³-hybridized carbons (Fsp3) is 0.200. The maximum Gasteiger partial charge on any atom is 0.254 e. The van der Waals surface area contributed by atoms with Gasteiger partial charge in [0.15, 0.2) is 0 Å². The number of nitrogens with one attached hydrogen (secondary N) is 1. The maximum atomic E-state index is 13.7. The van der Waals surface area contributed by atoms with Gasteiger partial charge in [-0.05, 0) is 30.2 Å². The molecule has 0 bridgehead atoms. The molecule has 5 heteroatoms. The first-order valence-electron chi connectivity index (χ1n) is 10.3. The minimum atomic E-state index is 0.0901. The lowest BCUT2D eigenvalue weighted by Gasteiger charge is -2.36. The van der Waals surface area contributed by atoms with Crippen LogP contribution in [0.4, 0.5) is 0 Å². The summed E-state index contributed by atoms with van der Waals surface area (Å²) in [6, 6.07) is 26.5. The van der Waals surface area contributed by atoms with Gasteiger partial charge >= 0.3 is 0 Å². The van der Waals surface area contributed by atoms with Gasteiger partial charge in [0.25, 0.3) is 5.91 Å². The highest BCUT2D eigenvalue weighted by molar-refractivity contribution is 7.21. The van der Waals surface area contributed by atoms with Crippen LogP contribution in [0.15, 0.2) is 78.9 Å². The summed E-state index contributed by atoms with van der Waals surface area (Å²) in [6.07, 6.45) is 0.850. The summed E-state index contributed by atoms with van der Waals surface area (Å²) < 4.78 is 1.14. The molecule has 5 rings (SSSR count). The van der Waals surface area contributed by atoms with Gasteiger partial charge in [0, 0.05) is 36.8 Å². The van der Waals surface area contributed by atoms with Gasteiger partial charge in [0.2, 0.25) is 0 Å². The average molecular weight is 414 g/mol. The van der Waals surface area contributed by atoms with E-state index in [0.717, 1.165) is 45.9 Å². The monoisotopic (exact) mass is 413 g/mol. The third kappa shape index (κ3) is 3.74. The van der Waals surface area contributed by atoms with E-state index >= 15 is 0 Å². The van der Waals surface area contributed by atoms with Gasteiger partial charge < -0.3 is 10.2 Å². The Hall–Kier alpha value is -3.02. The minimum Gasteiger partial charge on any atom is -0.333 e. The second-order valence-corrected chi connectivity index (χ2v) is 8.61. The molecule has 0 spiro atoms. The molecule has 0 aliphatic carbocycles. The molecule has 1 fully saturated rings. The highest BCUT2D eigenvalue weighted by Crippen LogP contribution is 2.33. The van der Waals surface area contributed by atoms with E-state index in [1.807, 2.05) is 53.4 Å². The number of nitrogens with zero attached hydrogens (tertiary/aromatic N) is 2. The summed E-state index contributed by atoms with van der Waals surface area (Å²) >= 11 is 1.64. The SMILES string of the molecule is O=C(c1ccccc1-c1nc2ccccc2s1)N1CCNC[C@H]1Cc1ccccc1. The summed E-state index contributed by atoms with van der Waals surface area (Å²) in [6.45, 7) is 2.34. The van der Waals surface area contributed by atoms with Crippen molar-refractivity contribution in [3.05, 3.63) is 90.0 Å². The zero-order valence-electron chi connectivity index (χ0n) is 16.6. The van der Waals surface area contributed by atoms with Gasteiger partial charge in [0.1, 0.15) is 5.01 Å². The number of benzene rings is 3. The number of rotatable bonds is 4. The standard InChI is InChI=1S/C25H23N3OS/c29-25(28-15-14-26-17-19(28)16-18-8-2-1-3-9-18)21-11-5-4-10-20(21)24-27-22-12-6-7-13-23(22)30-24/h1-13,19,26H,14-17H2/t19-/m1/s1. The van der Waals surface area contributed by atoms with Crippen LogP contribution in [0.1, 0.15) is 15.9 Å². The first-order chi connectivity index (χ1) is 14.8. The molecule has 2 heterocycles. The zero-order chi connectivity index (χ0) is 20.3. The summed E-state index contributed by atoms with van der Waals surface area (Å²) in [5, 5.41) is 4.35. The van der Waals surface area contributed by atoms with Crippen LogP contribution in [-0.4, -0.2) is 41.5 Å². The van der Waals surface area contributed by atoms with Crippen LogP contribution in [0.25, 0.3) is 20.8 Å². The number of piperazine rings is 1. The van der Waals surface area contributed by atoms with Crippen LogP contribution in [0.2, 0.25) is 0 Å². The smallest absolute Gasteiger partial charge is 0.254 e. The molecule has 4 nitrogen and oxygen atoms in total. The fourth-order valence-corrected chi connectivity index (χ4v) is 5.10. The van der Waals surface area contributed by atoms with Crippen molar-refractivity contribution >= 4 is 27.5 Å². The Morgan fingerprint density at radius 1 is 1.00 bits per heavy atom. The molecule has 1 amide bonds. The van der Waals surface area contributed by atoms with Crippen LogP contribution < -0.4 is 5.32 Å². The van der Waals surface area contributed by atoms with Crippen LogP contribution in [0.3, 0.4) is 0 Å². The average Bonchev–Trinajstić information content (AvgIpc) is 3.24. The molecule has 0 saturated carbocycles. The number of fused-ring (bicyclic) bond motifs is 1. The van der Waals surface area contributed by atoms with Crippen molar-refractivity contribution in [1.82, 2.24) is 15.2 Å². The molecule has 1 saturated heterocycles. The summed E-state index contributed by atoms with van der Waals surface area (Å²) in [7, 11) is 0. The summed E-state index contributed by atoms with van der Waals surface area (Å²) in [4.78, 5) is 20.5. The highest BCUT2D eigenvalue weighted by Gasteiger charge is 2.29. The molecule has 1 aromatic heterocycles. The van der Waals surface area contributed by atoms with E-state index in [4.69, 9.17) is 4.98 Å². The van der Waals surface area contributed by atoms with Crippen LogP contribution >= 0.6 is 11.3 Å². The van der Waals surface area contributed by atoms with Crippen molar-refractivity contribution in [3.63, 3.8) is 0 Å². The van der Waals surface area contributed by atoms with Gasteiger partial charge in [0.05, 0.1) is 10.2 Å². The molecule has 1 atom stereocenters. The molecular weight excluding hydrogens is 390 g/mol. The predicted octanol–water partition coefficient (Wildman–Crippen LogP) is 4.62. The van der Waals surface area contributed by atoms with Gasteiger partial charge in [-0.2, -0.15) is 0 Å². The van der Waals surface area contributed by atoms with Gasteiger partial charge in [-0.25, -0.2) is 4.98 Å². The van der Waals surface area contributed by atoms with E-state index in [1.54, 1.807) is 11.3 Å². The van der Waals surface area contributed by atoms with Crippen molar-refractivity contribution in [2.75, 3.05) is 19.6 Å². The van der Waals surface area contributed by atoms with Crippen molar-refractivity contribution in [2.45, 2.75) is 12.5 Å². The van der Waals surface area contributed by atoms with E-state index in [9.17, 15) is 4.79 Å². The molecule has 1 N–H and O–H groups in total. The topological polar surface area (TPSA) is 45.2 Å². The third-order valence-electron chi connectivity index (χ3n) is 5.61. The number of amides is 1. The number of carbonyl (C=O) groups is 1. The Balaban J connectivity index is 1.48. The van der Waals surface area contributed by atoms with Crippen molar-refractivity contribution in [2.24, 2.45) is 0 Å². The van der Waals surface area contributed by atoms with Gasteiger partial charge in [-0.15, -0.1) is 11.3 Å². The Bertz CT molecular complexity index is 1140. The Labute approximate surface area is 180 Å². The number of hydrogen-bond acceptors (Lipinski definition) is 4. The fourth-order valence-electron chi connectivity index (χ4n) is 4.10. The van der Waals surface area contributed by atoms with Crippen molar-refractivity contribution < 1.29 is 4.79 Å². The Kier molecular flexibility index (Phi) is 5.30. The van der Waals surface area contributed by atoms with E-state index in [1.165, 1.54) is 5.56 Å². The number of para-hydroxylation sites is 1. The largest absolute Gasteiger partial charge is 0.333 e. The lowest BCUT2D eigenvalue weighted by Crippen LogP contribution is -2.54. The normalized spacial score (nSPS) is 16.7. The van der Waals surface area contributed by atoms with Gasteiger partial charge in [-0.3, -0.25) is 4.79 Å². The molecule has 0 radical (unpaired) electrons. The number of carbonyl (C=O) groups excluding carboxylic acids is 1. The predicted molar refractivity (Wildman–Crippen MR) is 123 cm³/mol. The molecule has 0 unspecified atom stereocenters. The van der Waals surface area contributed by atoms with Gasteiger partial charge in [-0.1, -0.05) is 60.7 Å². The maximum absolute atomic E-state index is 13.7. The number of aromatic nitrogens is 1. The third-order valence-corrected chi connectivity index (χ3v) is 6.68. The molecule has 30 heavy (non-hydrogen) atoms. The quantitative estimate of drug-likeness (QED) is 0.531. The Morgan fingerprint density at radius 2 is 1.77 bits per heavy atom. The number of hydrogen-bond donors (Lipinski definition) is 1. The zero-order valence-corrected chi connectivity index (χ0v) is 17.4. The van der Waals surface area contributed by atoms with E-state index in [0.29, 0.717) is 6.54 Å². The first-order valence-corrected chi connectivity index (χ1v) is 11.1. The van der Waals surface area contributed by atoms with E-state index < -0.39 is 0 Å². The summed E-state index contributed by atoms with van der Waals surface area (Å²) in [5.74, 6) is 0.0901. The second-order valence-electron chi connectivity index (χ2n) is 7.58. The van der Waals surface area contributed by atoms with E-state index in [-0.39, 0.29) is 11.9 Å². The van der Waals surface area contributed by atoms with Crippen LogP contribution in [-0.2, 0) is 6.42 Å². The van der Waals surface area contributed by atoms with Crippen LogP contribution in [0, 0.1) is 0 Å². The molecular formula is C25H23N3OS. The second kappa shape index (κ2) is 8.38. The van der Waals surface area contributed by atoms with Crippen molar-refractivity contribution in [1.29, 1.82) is 0 Å². The molecule has 4 aromatic rings. The molecule has 1 aliphatic rings. The highest BCUT2D eigenvalue weighted by atomic mass is 32.1. The first kappa shape index (κ1) is 19.0. The minimum absolute atomic E-state index is 0.0901. The summed E-state index contributed by atoms with van der Waals surface area (Å²) in [5.41, 5.74) is 3.88. The lowest BCUT2D eigenvalue weighted by molar-refractivity contribution is 0.0637. The number of thiazole rings is 1. The van der Waals surface area contributed by atoms with Crippen molar-refractivity contribution in [3.8, 4) is 10.6 Å². The van der Waals surface area contributed by atoms with E-state index in [2.05, 4.69) is 35.6 Å². The Morgan fingerprint density at radius 3 is 2.63 bits per heavy atom. The van der Waals surface area contributed by atoms with Crippen LogP contribution in [0.5, 0.6) is 0 Å².